The fourth-order valence-corrected chi connectivity index (χ4v) is 5.98. The van der Waals surface area contributed by atoms with Crippen molar-refractivity contribution in [3.05, 3.63) is 52.9 Å². The molecule has 4 heterocycles. The topological polar surface area (TPSA) is 149 Å². The minimum Gasteiger partial charge on any atom is -0.351 e. The molecule has 0 unspecified atom stereocenters. The Bertz CT molecular complexity index is 1560. The number of nitrogens with one attached hydrogen (secondary N) is 2. The highest BCUT2D eigenvalue weighted by Gasteiger charge is 2.28. The molecule has 5 rings (SSSR count). The summed E-state index contributed by atoms with van der Waals surface area (Å²) in [6, 6.07) is 8.18. The summed E-state index contributed by atoms with van der Waals surface area (Å²) in [6.45, 7) is 4.50. The quantitative estimate of drug-likeness (QED) is 0.406. The molecule has 2 fully saturated rings. The minimum absolute atomic E-state index is 0.0192. The molecule has 0 saturated carbocycles. The molecule has 40 heavy (non-hydrogen) atoms. The van der Waals surface area contributed by atoms with E-state index in [9.17, 15) is 18.5 Å². The summed E-state index contributed by atoms with van der Waals surface area (Å²) in [5, 5.41) is 21.4. The third-order valence-electron chi connectivity index (χ3n) is 7.20. The first kappa shape index (κ1) is 28.0. The Kier molecular flexibility index (Phi) is 8.04. The number of likely N-dealkylation sites (tertiary alicyclic amines) is 1. The van der Waals surface area contributed by atoms with Crippen molar-refractivity contribution < 1.29 is 13.2 Å². The zero-order valence-electron chi connectivity index (χ0n) is 22.2. The van der Waals surface area contributed by atoms with Gasteiger partial charge in [0.15, 0.2) is 0 Å². The van der Waals surface area contributed by atoms with E-state index < -0.39 is 10.0 Å². The summed E-state index contributed by atoms with van der Waals surface area (Å²) in [7, 11) is -3.21. The molecule has 0 spiro atoms. The SMILES string of the molecule is CC(=O)N1CC(NCc2ccc(-n3cc(-c4nc(NC5CCN(S(C)(=O)=O)CC5)ncc4C#N)cn3)c(Cl)c2)C1. The van der Waals surface area contributed by atoms with Gasteiger partial charge < -0.3 is 15.5 Å². The lowest BCUT2D eigenvalue weighted by atomic mass is 10.1. The zero-order chi connectivity index (χ0) is 28.4. The van der Waals surface area contributed by atoms with Crippen molar-refractivity contribution in [3.8, 4) is 23.0 Å². The van der Waals surface area contributed by atoms with E-state index in [1.165, 1.54) is 16.8 Å². The highest BCUT2D eigenvalue weighted by atomic mass is 35.5. The number of nitriles is 1. The number of anilines is 1. The molecule has 2 aliphatic rings. The predicted molar refractivity (Wildman–Crippen MR) is 150 cm³/mol. The van der Waals surface area contributed by atoms with E-state index in [1.807, 2.05) is 18.2 Å². The molecule has 210 valence electrons. The van der Waals surface area contributed by atoms with Crippen molar-refractivity contribution in [3.63, 3.8) is 0 Å². The third kappa shape index (κ3) is 6.26. The van der Waals surface area contributed by atoms with Crippen molar-refractivity contribution in [1.29, 1.82) is 5.26 Å². The van der Waals surface area contributed by atoms with Crippen LogP contribution in [-0.2, 0) is 21.4 Å². The van der Waals surface area contributed by atoms with Crippen LogP contribution < -0.4 is 10.6 Å². The monoisotopic (exact) mass is 583 g/mol. The fraction of sp³-hybridized carbons (Fsp3) is 0.423. The van der Waals surface area contributed by atoms with Gasteiger partial charge in [0.25, 0.3) is 0 Å². The molecule has 14 heteroatoms. The van der Waals surface area contributed by atoms with E-state index >= 15 is 0 Å². The van der Waals surface area contributed by atoms with Crippen LogP contribution in [-0.4, -0.2) is 87.8 Å². The first-order valence-electron chi connectivity index (χ1n) is 12.9. The van der Waals surface area contributed by atoms with Gasteiger partial charge in [-0.2, -0.15) is 10.4 Å². The van der Waals surface area contributed by atoms with Gasteiger partial charge in [-0.1, -0.05) is 17.7 Å². The molecule has 2 N–H and O–H groups in total. The Hall–Kier alpha value is -3.57. The summed E-state index contributed by atoms with van der Waals surface area (Å²) in [4.78, 5) is 22.0. The number of hydrogen-bond acceptors (Lipinski definition) is 9. The Balaban J connectivity index is 1.26. The van der Waals surface area contributed by atoms with Gasteiger partial charge in [0.1, 0.15) is 6.07 Å². The molecule has 1 aromatic carbocycles. The molecule has 2 saturated heterocycles. The molecule has 3 aromatic rings. The normalized spacial score (nSPS) is 16.9. The van der Waals surface area contributed by atoms with E-state index in [0.717, 1.165) is 5.56 Å². The third-order valence-corrected chi connectivity index (χ3v) is 8.81. The maximum absolute atomic E-state index is 11.8. The van der Waals surface area contributed by atoms with Gasteiger partial charge in [-0.3, -0.25) is 4.79 Å². The summed E-state index contributed by atoms with van der Waals surface area (Å²) >= 11 is 6.61. The van der Waals surface area contributed by atoms with Gasteiger partial charge in [-0.15, -0.1) is 0 Å². The van der Waals surface area contributed by atoms with Crippen molar-refractivity contribution in [1.82, 2.24) is 34.3 Å². The molecular weight excluding hydrogens is 554 g/mol. The lowest BCUT2D eigenvalue weighted by Crippen LogP contribution is -2.59. The molecule has 12 nitrogen and oxygen atoms in total. The molecule has 2 aromatic heterocycles. The zero-order valence-corrected chi connectivity index (χ0v) is 23.8. The van der Waals surface area contributed by atoms with Gasteiger partial charge in [0.2, 0.25) is 21.9 Å². The van der Waals surface area contributed by atoms with Gasteiger partial charge in [0, 0.05) is 63.5 Å². The number of amides is 1. The van der Waals surface area contributed by atoms with E-state index in [1.54, 1.807) is 28.9 Å². The number of carbonyl (C=O) groups is 1. The van der Waals surface area contributed by atoms with Crippen LogP contribution in [0.5, 0.6) is 0 Å². The number of piperidine rings is 1. The van der Waals surface area contributed by atoms with E-state index in [4.69, 9.17) is 11.6 Å². The van der Waals surface area contributed by atoms with Gasteiger partial charge in [-0.05, 0) is 30.5 Å². The van der Waals surface area contributed by atoms with Crippen LogP contribution in [0.1, 0.15) is 30.9 Å². The van der Waals surface area contributed by atoms with Crippen LogP contribution in [0.2, 0.25) is 5.02 Å². The molecule has 0 radical (unpaired) electrons. The smallest absolute Gasteiger partial charge is 0.223 e. The standard InChI is InChI=1S/C26H30ClN9O3S/c1-17(37)34-15-22(16-34)29-11-18-3-4-24(23(27)9-18)36-14-20(13-31-36)25-19(10-28)12-30-26(33-25)32-21-5-7-35(8-6-21)40(2,38)39/h3-4,9,12-14,21-22,29H,5-8,11,15-16H2,1-2H3,(H,30,32,33). The van der Waals surface area contributed by atoms with Gasteiger partial charge in [-0.25, -0.2) is 27.4 Å². The summed E-state index contributed by atoms with van der Waals surface area (Å²) in [5.41, 5.74) is 3.09. The first-order chi connectivity index (χ1) is 19.1. The lowest BCUT2D eigenvalue weighted by Gasteiger charge is -2.39. The van der Waals surface area contributed by atoms with Crippen LogP contribution in [0, 0.1) is 11.3 Å². The largest absolute Gasteiger partial charge is 0.351 e. The van der Waals surface area contributed by atoms with Crippen LogP contribution >= 0.6 is 11.6 Å². The number of aromatic nitrogens is 4. The fourth-order valence-electron chi connectivity index (χ4n) is 4.82. The van der Waals surface area contributed by atoms with E-state index in [2.05, 4.69) is 31.8 Å². The number of rotatable bonds is 8. The summed E-state index contributed by atoms with van der Waals surface area (Å²) in [6.07, 6.45) is 7.34. The number of carbonyl (C=O) groups excluding carboxylic acids is 1. The molecule has 2 aliphatic heterocycles. The Morgan fingerprint density at radius 1 is 1.20 bits per heavy atom. The van der Waals surface area contributed by atoms with Crippen LogP contribution in [0.3, 0.4) is 0 Å². The van der Waals surface area contributed by atoms with Crippen molar-refractivity contribution >= 4 is 33.5 Å². The number of sulfonamides is 1. The van der Waals surface area contributed by atoms with E-state index in [-0.39, 0.29) is 18.0 Å². The molecule has 0 atom stereocenters. The number of hydrogen-bond donors (Lipinski definition) is 2. The van der Waals surface area contributed by atoms with Crippen molar-refractivity contribution in [2.24, 2.45) is 0 Å². The Morgan fingerprint density at radius 2 is 1.95 bits per heavy atom. The van der Waals surface area contributed by atoms with Crippen LogP contribution in [0.15, 0.2) is 36.8 Å². The average molecular weight is 584 g/mol. The molecule has 1 amide bonds. The molecule has 0 bridgehead atoms. The second kappa shape index (κ2) is 11.5. The number of benzene rings is 1. The minimum atomic E-state index is -3.21. The maximum atomic E-state index is 11.8. The van der Waals surface area contributed by atoms with Gasteiger partial charge in [0.05, 0.1) is 40.6 Å². The second-order valence-electron chi connectivity index (χ2n) is 10.1. The number of halogens is 1. The van der Waals surface area contributed by atoms with Crippen molar-refractivity contribution in [2.75, 3.05) is 37.8 Å². The highest BCUT2D eigenvalue weighted by molar-refractivity contribution is 7.88. The number of nitrogens with zero attached hydrogens (tertiary/aromatic N) is 7. The van der Waals surface area contributed by atoms with E-state index in [0.29, 0.717) is 79.0 Å². The highest BCUT2D eigenvalue weighted by Crippen LogP contribution is 2.27. The van der Waals surface area contributed by atoms with Gasteiger partial charge >= 0.3 is 0 Å². The Morgan fingerprint density at radius 3 is 2.60 bits per heavy atom. The summed E-state index contributed by atoms with van der Waals surface area (Å²) in [5.74, 6) is 0.458. The Labute approximate surface area is 238 Å². The van der Waals surface area contributed by atoms with Crippen LogP contribution in [0.25, 0.3) is 16.9 Å². The average Bonchev–Trinajstić information content (AvgIpc) is 3.37. The predicted octanol–water partition coefficient (Wildman–Crippen LogP) is 2.01. The van der Waals surface area contributed by atoms with Crippen LogP contribution in [0.4, 0.5) is 5.95 Å². The summed E-state index contributed by atoms with van der Waals surface area (Å²) < 4.78 is 26.7. The maximum Gasteiger partial charge on any atom is 0.223 e. The first-order valence-corrected chi connectivity index (χ1v) is 15.1. The molecule has 0 aliphatic carbocycles. The lowest BCUT2D eigenvalue weighted by molar-refractivity contribution is -0.133. The van der Waals surface area contributed by atoms with Crippen molar-refractivity contribution in [2.45, 2.75) is 38.4 Å². The second-order valence-corrected chi connectivity index (χ2v) is 12.5. The molecular formula is C26H30ClN9O3S.